The molecule has 1 N–H and O–H groups in total. The van der Waals surface area contributed by atoms with Crippen LogP contribution in [-0.4, -0.2) is 46.5 Å². The Bertz CT molecular complexity index is 767. The molecule has 1 aliphatic rings. The fourth-order valence-electron chi connectivity index (χ4n) is 2.45. The van der Waals surface area contributed by atoms with Crippen LogP contribution in [0.5, 0.6) is 5.75 Å². The van der Waals surface area contributed by atoms with E-state index < -0.39 is 30.1 Å². The van der Waals surface area contributed by atoms with Gasteiger partial charge in [-0.3, -0.25) is 4.31 Å². The van der Waals surface area contributed by atoms with Crippen molar-refractivity contribution >= 4 is 35.8 Å². The van der Waals surface area contributed by atoms with Gasteiger partial charge in [-0.15, -0.1) is 0 Å². The maximum absolute atomic E-state index is 13.0. The third-order valence-electron chi connectivity index (χ3n) is 3.81. The summed E-state index contributed by atoms with van der Waals surface area (Å²) in [5.74, 6) is -0.624. The molecule has 1 aromatic rings. The molecule has 0 fully saturated rings. The average Bonchev–Trinajstić information content (AvgIpc) is 2.50. The number of phenolic OH excluding ortho intramolecular Hbond substituents is 1. The molecule has 0 saturated heterocycles. The molecule has 132 valence electrons. The van der Waals surface area contributed by atoms with Gasteiger partial charge in [0.05, 0.1) is 18.6 Å². The molecule has 0 spiro atoms. The Morgan fingerprint density at radius 1 is 1.33 bits per heavy atom. The van der Waals surface area contributed by atoms with Crippen LogP contribution in [0.3, 0.4) is 0 Å². The van der Waals surface area contributed by atoms with Gasteiger partial charge in [-0.25, -0.2) is 13.2 Å². The fraction of sp³-hybridized carbons (Fsp3) is 0.438. The second kappa shape index (κ2) is 6.60. The first kappa shape index (κ1) is 18.5. The van der Waals surface area contributed by atoms with Crippen LogP contribution in [0, 0.1) is 0 Å². The van der Waals surface area contributed by atoms with Gasteiger partial charge in [0.1, 0.15) is 5.75 Å². The van der Waals surface area contributed by atoms with Crippen LogP contribution < -0.4 is 4.31 Å². The number of rotatable bonds is 5. The van der Waals surface area contributed by atoms with Gasteiger partial charge in [-0.2, -0.15) is 0 Å². The lowest BCUT2D eigenvalue weighted by Gasteiger charge is -2.33. The van der Waals surface area contributed by atoms with Crippen molar-refractivity contribution in [3.63, 3.8) is 0 Å². The van der Waals surface area contributed by atoms with Gasteiger partial charge in [0.2, 0.25) is 10.0 Å². The van der Waals surface area contributed by atoms with Gasteiger partial charge in [0, 0.05) is 13.6 Å². The summed E-state index contributed by atoms with van der Waals surface area (Å²) in [6, 6.07) is 3.96. The van der Waals surface area contributed by atoms with E-state index in [0.717, 1.165) is 4.31 Å². The molecule has 0 aliphatic carbocycles. The minimum absolute atomic E-state index is 0.0234. The van der Waals surface area contributed by atoms with Crippen LogP contribution >= 0.6 is 0 Å². The van der Waals surface area contributed by atoms with Gasteiger partial charge < -0.3 is 9.84 Å². The molecule has 0 radical (unpaired) electrons. The zero-order chi connectivity index (χ0) is 18.1. The standard InChI is InChI=1S/C16H23NO5SSi/c1-22-16(19)15-7-5-12-11-13(18)6-8-14(12)17(15)23(20,21)9-10-24(2,3)4/h5-8,11,15,18H,9-10H2,1-4H3. The number of hydrogen-bond acceptors (Lipinski definition) is 5. The summed E-state index contributed by atoms with van der Waals surface area (Å²) in [6.07, 6.45) is 3.11. The molecule has 1 heterocycles. The van der Waals surface area contributed by atoms with E-state index in [9.17, 15) is 18.3 Å². The first-order chi connectivity index (χ1) is 11.0. The largest absolute Gasteiger partial charge is 0.508 e. The summed E-state index contributed by atoms with van der Waals surface area (Å²) in [5, 5.41) is 9.62. The molecule has 1 unspecified atom stereocenters. The monoisotopic (exact) mass is 369 g/mol. The molecule has 24 heavy (non-hydrogen) atoms. The second-order valence-corrected chi connectivity index (χ2v) is 14.6. The Hall–Kier alpha value is -1.80. The van der Waals surface area contributed by atoms with Crippen LogP contribution in [0.1, 0.15) is 5.56 Å². The third-order valence-corrected chi connectivity index (χ3v) is 7.67. The van der Waals surface area contributed by atoms with Crippen molar-refractivity contribution in [2.75, 3.05) is 17.2 Å². The van der Waals surface area contributed by atoms with Crippen LogP contribution in [0.15, 0.2) is 24.3 Å². The van der Waals surface area contributed by atoms with Crippen molar-refractivity contribution in [1.29, 1.82) is 0 Å². The molecule has 0 bridgehead atoms. The minimum atomic E-state index is -3.71. The van der Waals surface area contributed by atoms with Crippen LogP contribution in [-0.2, 0) is 19.6 Å². The number of anilines is 1. The topological polar surface area (TPSA) is 83.9 Å². The predicted molar refractivity (Wildman–Crippen MR) is 97.4 cm³/mol. The molecular weight excluding hydrogens is 346 g/mol. The summed E-state index contributed by atoms with van der Waals surface area (Å²) in [5.41, 5.74) is 0.924. The van der Waals surface area contributed by atoms with Crippen LogP contribution in [0.25, 0.3) is 6.08 Å². The van der Waals surface area contributed by atoms with Crippen molar-refractivity contribution in [3.05, 3.63) is 29.8 Å². The number of sulfonamides is 1. The number of aromatic hydroxyl groups is 1. The normalized spacial score (nSPS) is 17.5. The number of nitrogens with zero attached hydrogens (tertiary/aromatic N) is 1. The SMILES string of the molecule is COC(=O)C1C=Cc2cc(O)ccc2N1S(=O)(=O)CC[Si](C)(C)C. The maximum Gasteiger partial charge on any atom is 0.333 e. The van der Waals surface area contributed by atoms with E-state index in [-0.39, 0.29) is 11.5 Å². The Kier molecular flexibility index (Phi) is 5.10. The Morgan fingerprint density at radius 2 is 2.00 bits per heavy atom. The number of benzene rings is 1. The van der Waals surface area contributed by atoms with Crippen molar-refractivity contribution in [3.8, 4) is 5.75 Å². The summed E-state index contributed by atoms with van der Waals surface area (Å²) < 4.78 is 31.8. The van der Waals surface area contributed by atoms with Gasteiger partial charge in [0.15, 0.2) is 6.04 Å². The molecule has 0 amide bonds. The van der Waals surface area contributed by atoms with Gasteiger partial charge >= 0.3 is 5.97 Å². The summed E-state index contributed by atoms with van der Waals surface area (Å²) in [6.45, 7) is 6.30. The van der Waals surface area contributed by atoms with Crippen molar-refractivity contribution in [1.82, 2.24) is 0 Å². The van der Waals surface area contributed by atoms with Crippen molar-refractivity contribution in [2.24, 2.45) is 0 Å². The molecule has 8 heteroatoms. The predicted octanol–water partition coefficient (Wildman–Crippen LogP) is 2.44. The lowest BCUT2D eigenvalue weighted by atomic mass is 10.1. The maximum atomic E-state index is 13.0. The molecule has 0 aromatic heterocycles. The molecule has 6 nitrogen and oxygen atoms in total. The van der Waals surface area contributed by atoms with Crippen LogP contribution in [0.4, 0.5) is 5.69 Å². The summed E-state index contributed by atoms with van der Waals surface area (Å²) >= 11 is 0. The van der Waals surface area contributed by atoms with E-state index >= 15 is 0 Å². The van der Waals surface area contributed by atoms with Gasteiger partial charge in [-0.05, 0) is 30.3 Å². The lowest BCUT2D eigenvalue weighted by Crippen LogP contribution is -2.47. The second-order valence-electron chi connectivity index (χ2n) is 6.99. The zero-order valence-electron chi connectivity index (χ0n) is 14.3. The molecule has 1 aliphatic heterocycles. The molecule has 0 saturated carbocycles. The van der Waals surface area contributed by atoms with Crippen molar-refractivity contribution < 1.29 is 23.1 Å². The first-order valence-electron chi connectivity index (χ1n) is 7.66. The number of methoxy groups -OCH3 is 1. The van der Waals surface area contributed by atoms with Crippen LogP contribution in [0.2, 0.25) is 25.7 Å². The van der Waals surface area contributed by atoms with E-state index in [4.69, 9.17) is 4.74 Å². The highest BCUT2D eigenvalue weighted by atomic mass is 32.2. The van der Waals surface area contributed by atoms with Crippen molar-refractivity contribution in [2.45, 2.75) is 31.7 Å². The van der Waals surface area contributed by atoms with E-state index in [1.54, 1.807) is 6.08 Å². The summed E-state index contributed by atoms with van der Waals surface area (Å²) in [7, 11) is -4.05. The Labute approximate surface area is 143 Å². The quantitative estimate of drug-likeness (QED) is 0.636. The molecule has 1 atom stereocenters. The fourth-order valence-corrected chi connectivity index (χ4v) is 7.10. The number of hydrogen-bond donors (Lipinski definition) is 1. The molecular formula is C16H23NO5SSi. The van der Waals surface area contributed by atoms with E-state index in [1.807, 2.05) is 0 Å². The number of phenols is 1. The smallest absolute Gasteiger partial charge is 0.333 e. The number of ether oxygens (including phenoxy) is 1. The highest BCUT2D eigenvalue weighted by Gasteiger charge is 2.37. The minimum Gasteiger partial charge on any atom is -0.508 e. The average molecular weight is 370 g/mol. The zero-order valence-corrected chi connectivity index (χ0v) is 16.1. The highest BCUT2D eigenvalue weighted by molar-refractivity contribution is 7.93. The first-order valence-corrected chi connectivity index (χ1v) is 13.0. The molecule has 2 rings (SSSR count). The van der Waals surface area contributed by atoms with E-state index in [0.29, 0.717) is 17.3 Å². The van der Waals surface area contributed by atoms with Gasteiger partial charge in [-0.1, -0.05) is 25.7 Å². The molecule has 1 aromatic carbocycles. The Balaban J connectivity index is 2.49. The van der Waals surface area contributed by atoms with E-state index in [1.165, 1.54) is 31.4 Å². The number of esters is 1. The number of carbonyl (C=O) groups excluding carboxylic acids is 1. The van der Waals surface area contributed by atoms with Gasteiger partial charge in [0.25, 0.3) is 0 Å². The lowest BCUT2D eigenvalue weighted by molar-refractivity contribution is -0.140. The van der Waals surface area contributed by atoms with E-state index in [2.05, 4.69) is 19.6 Å². The highest BCUT2D eigenvalue weighted by Crippen LogP contribution is 2.34. The Morgan fingerprint density at radius 3 is 2.58 bits per heavy atom. The summed E-state index contributed by atoms with van der Waals surface area (Å²) in [4.78, 5) is 12.1. The third kappa shape index (κ3) is 3.99. The number of carbonyl (C=O) groups is 1. The number of fused-ring (bicyclic) bond motifs is 1.